The molecule has 0 saturated carbocycles. The number of aryl methyl sites for hydroxylation is 2. The predicted octanol–water partition coefficient (Wildman–Crippen LogP) is 4.63. The summed E-state index contributed by atoms with van der Waals surface area (Å²) >= 11 is 0. The summed E-state index contributed by atoms with van der Waals surface area (Å²) in [6.07, 6.45) is 8.57. The molecule has 1 aromatic carbocycles. The van der Waals surface area contributed by atoms with Crippen molar-refractivity contribution >= 4 is 6.03 Å². The molecule has 3 heteroatoms. The van der Waals surface area contributed by atoms with Crippen LogP contribution in [0.25, 0.3) is 0 Å². The zero-order valence-electron chi connectivity index (χ0n) is 14.0. The molecular formula is C19H28N2O. The SMILES string of the molecule is CC/C(C)=C/NC(=O)NC(CC)c1ccc2c(c1)CCCC2. The number of carbonyl (C=O) groups is 1. The number of urea groups is 1. The van der Waals surface area contributed by atoms with Gasteiger partial charge in [-0.1, -0.05) is 37.6 Å². The molecule has 22 heavy (non-hydrogen) atoms. The Bertz CT molecular complexity index is 548. The van der Waals surface area contributed by atoms with Crippen molar-refractivity contribution in [1.82, 2.24) is 10.6 Å². The number of amides is 2. The van der Waals surface area contributed by atoms with Gasteiger partial charge in [-0.2, -0.15) is 0 Å². The molecule has 2 N–H and O–H groups in total. The number of fused-ring (bicyclic) bond motifs is 1. The summed E-state index contributed by atoms with van der Waals surface area (Å²) in [5.41, 5.74) is 5.33. The summed E-state index contributed by atoms with van der Waals surface area (Å²) in [4.78, 5) is 12.0. The molecule has 0 heterocycles. The lowest BCUT2D eigenvalue weighted by molar-refractivity contribution is 0.240. The van der Waals surface area contributed by atoms with Gasteiger partial charge < -0.3 is 10.6 Å². The molecule has 0 radical (unpaired) electrons. The maximum Gasteiger partial charge on any atom is 0.319 e. The van der Waals surface area contributed by atoms with Gasteiger partial charge in [0, 0.05) is 6.20 Å². The number of rotatable bonds is 5. The van der Waals surface area contributed by atoms with E-state index in [0.717, 1.165) is 18.4 Å². The summed E-state index contributed by atoms with van der Waals surface area (Å²) in [7, 11) is 0. The lowest BCUT2D eigenvalue weighted by Gasteiger charge is -2.21. The van der Waals surface area contributed by atoms with Gasteiger partial charge in [-0.3, -0.25) is 0 Å². The maximum atomic E-state index is 12.0. The van der Waals surface area contributed by atoms with E-state index in [1.807, 2.05) is 6.92 Å². The average Bonchev–Trinajstić information content (AvgIpc) is 2.57. The Morgan fingerprint density at radius 1 is 1.23 bits per heavy atom. The molecule has 0 saturated heterocycles. The normalized spacial score (nSPS) is 15.9. The van der Waals surface area contributed by atoms with Gasteiger partial charge in [0.2, 0.25) is 0 Å². The zero-order valence-corrected chi connectivity index (χ0v) is 14.0. The minimum atomic E-state index is -0.127. The Hall–Kier alpha value is -1.77. The molecule has 0 aromatic heterocycles. The number of hydrogen-bond acceptors (Lipinski definition) is 1. The van der Waals surface area contributed by atoms with E-state index >= 15 is 0 Å². The van der Waals surface area contributed by atoms with Crippen LogP contribution in [0.2, 0.25) is 0 Å². The molecule has 1 aromatic rings. The van der Waals surface area contributed by atoms with Gasteiger partial charge in [0.05, 0.1) is 6.04 Å². The van der Waals surface area contributed by atoms with Gasteiger partial charge in [-0.05, 0) is 62.1 Å². The molecular weight excluding hydrogens is 272 g/mol. The highest BCUT2D eigenvalue weighted by Crippen LogP contribution is 2.26. The monoisotopic (exact) mass is 300 g/mol. The van der Waals surface area contributed by atoms with Crippen molar-refractivity contribution in [2.75, 3.05) is 0 Å². The summed E-state index contributed by atoms with van der Waals surface area (Å²) in [6, 6.07) is 6.65. The first-order chi connectivity index (χ1) is 10.6. The molecule has 2 amide bonds. The average molecular weight is 300 g/mol. The minimum Gasteiger partial charge on any atom is -0.331 e. The second-order valence-electron chi connectivity index (χ2n) is 6.16. The van der Waals surface area contributed by atoms with E-state index in [4.69, 9.17) is 0 Å². The fourth-order valence-electron chi connectivity index (χ4n) is 2.88. The van der Waals surface area contributed by atoms with Gasteiger partial charge in [0.15, 0.2) is 0 Å². The Labute approximate surface area is 134 Å². The van der Waals surface area contributed by atoms with E-state index < -0.39 is 0 Å². The Morgan fingerprint density at radius 2 is 1.95 bits per heavy atom. The number of benzene rings is 1. The molecule has 0 bridgehead atoms. The number of carbonyl (C=O) groups excluding carboxylic acids is 1. The minimum absolute atomic E-state index is 0.0718. The van der Waals surface area contributed by atoms with Crippen LogP contribution in [0.4, 0.5) is 4.79 Å². The maximum absolute atomic E-state index is 12.0. The molecule has 1 aliphatic carbocycles. The molecule has 1 unspecified atom stereocenters. The smallest absolute Gasteiger partial charge is 0.319 e. The first kappa shape index (κ1) is 16.6. The molecule has 0 aliphatic heterocycles. The van der Waals surface area contributed by atoms with E-state index in [1.165, 1.54) is 42.4 Å². The summed E-state index contributed by atoms with van der Waals surface area (Å²) in [5.74, 6) is 0. The van der Waals surface area contributed by atoms with Crippen LogP contribution >= 0.6 is 0 Å². The molecule has 1 aliphatic rings. The highest BCUT2D eigenvalue weighted by Gasteiger charge is 2.15. The van der Waals surface area contributed by atoms with Crippen molar-refractivity contribution in [1.29, 1.82) is 0 Å². The van der Waals surface area contributed by atoms with Crippen LogP contribution in [-0.2, 0) is 12.8 Å². The number of allylic oxidation sites excluding steroid dienone is 1. The highest BCUT2D eigenvalue weighted by atomic mass is 16.2. The topological polar surface area (TPSA) is 41.1 Å². The Morgan fingerprint density at radius 3 is 2.64 bits per heavy atom. The molecule has 0 fully saturated rings. The molecule has 120 valence electrons. The van der Waals surface area contributed by atoms with Crippen LogP contribution in [0.5, 0.6) is 0 Å². The van der Waals surface area contributed by atoms with E-state index in [2.05, 4.69) is 42.7 Å². The quantitative estimate of drug-likeness (QED) is 0.818. The largest absolute Gasteiger partial charge is 0.331 e. The van der Waals surface area contributed by atoms with Gasteiger partial charge in [0.1, 0.15) is 0 Å². The summed E-state index contributed by atoms with van der Waals surface area (Å²) in [6.45, 7) is 6.20. The van der Waals surface area contributed by atoms with Crippen molar-refractivity contribution in [3.8, 4) is 0 Å². The van der Waals surface area contributed by atoms with Crippen LogP contribution in [-0.4, -0.2) is 6.03 Å². The first-order valence-corrected chi connectivity index (χ1v) is 8.48. The van der Waals surface area contributed by atoms with Crippen LogP contribution in [0.3, 0.4) is 0 Å². The molecule has 3 nitrogen and oxygen atoms in total. The summed E-state index contributed by atoms with van der Waals surface area (Å²) < 4.78 is 0. The fourth-order valence-corrected chi connectivity index (χ4v) is 2.88. The molecule has 1 atom stereocenters. The first-order valence-electron chi connectivity index (χ1n) is 8.48. The van der Waals surface area contributed by atoms with Gasteiger partial charge in [-0.25, -0.2) is 4.79 Å². The van der Waals surface area contributed by atoms with Crippen LogP contribution in [0, 0.1) is 0 Å². The van der Waals surface area contributed by atoms with Crippen molar-refractivity contribution in [2.24, 2.45) is 0 Å². The van der Waals surface area contributed by atoms with Crippen molar-refractivity contribution < 1.29 is 4.79 Å². The number of nitrogens with one attached hydrogen (secondary N) is 2. The van der Waals surface area contributed by atoms with Crippen LogP contribution in [0.1, 0.15) is 69.2 Å². The Kier molecular flexibility index (Phi) is 6.05. The zero-order chi connectivity index (χ0) is 15.9. The molecule has 0 spiro atoms. The van der Waals surface area contributed by atoms with Crippen molar-refractivity contribution in [3.63, 3.8) is 0 Å². The third kappa shape index (κ3) is 4.36. The van der Waals surface area contributed by atoms with Crippen LogP contribution in [0.15, 0.2) is 30.0 Å². The highest BCUT2D eigenvalue weighted by molar-refractivity contribution is 5.75. The van der Waals surface area contributed by atoms with E-state index in [-0.39, 0.29) is 12.1 Å². The van der Waals surface area contributed by atoms with Gasteiger partial charge in [-0.15, -0.1) is 0 Å². The second-order valence-corrected chi connectivity index (χ2v) is 6.16. The van der Waals surface area contributed by atoms with Crippen LogP contribution < -0.4 is 10.6 Å². The van der Waals surface area contributed by atoms with Crippen molar-refractivity contribution in [2.45, 2.75) is 65.3 Å². The van der Waals surface area contributed by atoms with E-state index in [1.54, 1.807) is 6.20 Å². The predicted molar refractivity (Wildman–Crippen MR) is 91.8 cm³/mol. The number of hydrogen-bond donors (Lipinski definition) is 2. The third-order valence-electron chi connectivity index (χ3n) is 4.50. The standard InChI is InChI=1S/C19H28N2O/c1-4-14(3)13-20-19(22)21-18(5-2)17-11-10-15-8-6-7-9-16(15)12-17/h10-13,18H,4-9H2,1-3H3,(H2,20,21,22)/b14-13+. The van der Waals surface area contributed by atoms with E-state index in [9.17, 15) is 4.79 Å². The summed E-state index contributed by atoms with van der Waals surface area (Å²) in [5, 5.41) is 5.89. The van der Waals surface area contributed by atoms with Crippen molar-refractivity contribution in [3.05, 3.63) is 46.7 Å². The second kappa shape index (κ2) is 8.02. The van der Waals surface area contributed by atoms with Gasteiger partial charge >= 0.3 is 6.03 Å². The van der Waals surface area contributed by atoms with Gasteiger partial charge in [0.25, 0.3) is 0 Å². The van der Waals surface area contributed by atoms with E-state index in [0.29, 0.717) is 0 Å². The lowest BCUT2D eigenvalue weighted by Crippen LogP contribution is -2.35. The molecule has 2 rings (SSSR count). The Balaban J connectivity index is 2.03. The lowest BCUT2D eigenvalue weighted by atomic mass is 9.89. The third-order valence-corrected chi connectivity index (χ3v) is 4.50. The fraction of sp³-hybridized carbons (Fsp3) is 0.526.